The summed E-state index contributed by atoms with van der Waals surface area (Å²) in [4.78, 5) is 35.1. The van der Waals surface area contributed by atoms with E-state index in [9.17, 15) is 9.59 Å². The molecule has 166 valence electrons. The average Bonchev–Trinajstić information content (AvgIpc) is 3.43. The van der Waals surface area contributed by atoms with Gasteiger partial charge in [-0.05, 0) is 46.8 Å². The third-order valence-electron chi connectivity index (χ3n) is 6.16. The molecule has 2 N–H and O–H groups in total. The summed E-state index contributed by atoms with van der Waals surface area (Å²) in [6.07, 6.45) is 8.05. The highest BCUT2D eigenvalue weighted by atomic mass is 79.9. The van der Waals surface area contributed by atoms with E-state index >= 15 is 0 Å². The number of nitrogens with one attached hydrogen (secondary N) is 2. The Morgan fingerprint density at radius 3 is 2.81 bits per heavy atom. The number of fused-ring (bicyclic) bond motifs is 1. The number of carbonyl (C=O) groups is 2. The van der Waals surface area contributed by atoms with E-state index in [1.54, 1.807) is 16.9 Å². The minimum atomic E-state index is -0.362. The number of amides is 2. The molecule has 0 radical (unpaired) electrons. The zero-order valence-corrected chi connectivity index (χ0v) is 19.1. The molecule has 5 heterocycles. The van der Waals surface area contributed by atoms with Crippen LogP contribution >= 0.6 is 15.9 Å². The van der Waals surface area contributed by atoms with E-state index in [0.29, 0.717) is 32.5 Å². The van der Waals surface area contributed by atoms with Crippen molar-refractivity contribution in [3.05, 3.63) is 52.5 Å². The number of aromatic nitrogens is 4. The molecule has 32 heavy (non-hydrogen) atoms. The summed E-state index contributed by atoms with van der Waals surface area (Å²) in [5.74, 6) is 1.12. The molecule has 9 nitrogen and oxygen atoms in total. The summed E-state index contributed by atoms with van der Waals surface area (Å²) < 4.78 is 2.64. The fraction of sp³-hybridized carbons (Fsp3) is 0.409. The Hall–Kier alpha value is -3.01. The Morgan fingerprint density at radius 1 is 1.25 bits per heavy atom. The molecule has 0 spiro atoms. The molecule has 0 aromatic carbocycles. The Labute approximate surface area is 193 Å². The highest BCUT2D eigenvalue weighted by Crippen LogP contribution is 2.31. The SMILES string of the molecule is O=C1CCC(C(=O)N2CCC(c3cc(NCc4cccnc4)n4ncc(Br)c4n3)CC2)N1. The van der Waals surface area contributed by atoms with Crippen LogP contribution in [0.25, 0.3) is 5.65 Å². The largest absolute Gasteiger partial charge is 0.366 e. The van der Waals surface area contributed by atoms with Crippen LogP contribution in [0.4, 0.5) is 5.82 Å². The molecule has 2 saturated heterocycles. The molecule has 1 atom stereocenters. The number of nitrogens with zero attached hydrogens (tertiary/aromatic N) is 5. The second-order valence-corrected chi connectivity index (χ2v) is 9.12. The van der Waals surface area contributed by atoms with Gasteiger partial charge < -0.3 is 15.5 Å². The molecule has 10 heteroatoms. The second kappa shape index (κ2) is 8.85. The summed E-state index contributed by atoms with van der Waals surface area (Å²) in [5.41, 5.74) is 2.84. The molecule has 2 amide bonds. The van der Waals surface area contributed by atoms with Crippen LogP contribution in [-0.2, 0) is 16.1 Å². The lowest BCUT2D eigenvalue weighted by atomic mass is 9.92. The number of pyridine rings is 1. The number of piperidine rings is 1. The highest BCUT2D eigenvalue weighted by molar-refractivity contribution is 9.10. The van der Waals surface area contributed by atoms with Crippen molar-refractivity contribution < 1.29 is 9.59 Å². The van der Waals surface area contributed by atoms with Gasteiger partial charge in [-0.1, -0.05) is 6.07 Å². The molecular weight excluding hydrogens is 474 g/mol. The van der Waals surface area contributed by atoms with Crippen molar-refractivity contribution in [3.63, 3.8) is 0 Å². The van der Waals surface area contributed by atoms with Crippen LogP contribution in [0.2, 0.25) is 0 Å². The second-order valence-electron chi connectivity index (χ2n) is 8.27. The molecule has 0 aliphatic carbocycles. The summed E-state index contributed by atoms with van der Waals surface area (Å²) in [6.45, 7) is 1.97. The van der Waals surface area contributed by atoms with E-state index < -0.39 is 0 Å². The van der Waals surface area contributed by atoms with E-state index in [1.807, 2.05) is 23.2 Å². The Kier molecular flexibility index (Phi) is 5.77. The van der Waals surface area contributed by atoms with Crippen LogP contribution in [0, 0.1) is 0 Å². The number of hydrogen-bond donors (Lipinski definition) is 2. The van der Waals surface area contributed by atoms with Gasteiger partial charge >= 0.3 is 0 Å². The summed E-state index contributed by atoms with van der Waals surface area (Å²) in [7, 11) is 0. The first-order valence-corrected chi connectivity index (χ1v) is 11.6. The topological polar surface area (TPSA) is 105 Å². The Bertz CT molecular complexity index is 1140. The predicted molar refractivity (Wildman–Crippen MR) is 122 cm³/mol. The molecular formula is C22H24BrN7O2. The first kappa shape index (κ1) is 20.9. The van der Waals surface area contributed by atoms with Crippen molar-refractivity contribution in [2.45, 2.75) is 44.2 Å². The van der Waals surface area contributed by atoms with Crippen LogP contribution in [0.1, 0.15) is 42.9 Å². The van der Waals surface area contributed by atoms with Crippen molar-refractivity contribution >= 4 is 39.2 Å². The van der Waals surface area contributed by atoms with Gasteiger partial charge in [-0.2, -0.15) is 9.61 Å². The lowest BCUT2D eigenvalue weighted by Crippen LogP contribution is -2.47. The van der Waals surface area contributed by atoms with Crippen molar-refractivity contribution in [3.8, 4) is 0 Å². The molecule has 3 aromatic heterocycles. The van der Waals surface area contributed by atoms with Crippen LogP contribution in [0.15, 0.2) is 41.3 Å². The van der Waals surface area contributed by atoms with Crippen molar-refractivity contribution in [2.24, 2.45) is 0 Å². The molecule has 2 aliphatic rings. The van der Waals surface area contributed by atoms with Gasteiger partial charge in [0.1, 0.15) is 11.9 Å². The summed E-state index contributed by atoms with van der Waals surface area (Å²) in [6, 6.07) is 5.64. The first-order valence-electron chi connectivity index (χ1n) is 10.8. The van der Waals surface area contributed by atoms with E-state index in [2.05, 4.69) is 42.7 Å². The lowest BCUT2D eigenvalue weighted by molar-refractivity contribution is -0.135. The summed E-state index contributed by atoms with van der Waals surface area (Å²) in [5, 5.41) is 10.7. The predicted octanol–water partition coefficient (Wildman–Crippen LogP) is 2.48. The standard InChI is InChI=1S/C22H24BrN7O2/c23-16-13-26-30-19(25-12-14-2-1-7-24-11-14)10-18(28-21(16)30)15-5-8-29(9-6-15)22(32)17-3-4-20(31)27-17/h1-2,7,10-11,13,15,17,25H,3-6,8-9,12H2,(H,27,31). The lowest BCUT2D eigenvalue weighted by Gasteiger charge is -2.33. The van der Waals surface area contributed by atoms with E-state index in [4.69, 9.17) is 4.98 Å². The van der Waals surface area contributed by atoms with Gasteiger partial charge in [0.15, 0.2) is 5.65 Å². The molecule has 2 fully saturated rings. The zero-order chi connectivity index (χ0) is 22.1. The van der Waals surface area contributed by atoms with Crippen LogP contribution in [-0.4, -0.2) is 55.4 Å². The van der Waals surface area contributed by atoms with E-state index in [0.717, 1.165) is 40.0 Å². The van der Waals surface area contributed by atoms with Gasteiger partial charge in [-0.3, -0.25) is 14.6 Å². The molecule has 0 bridgehead atoms. The Morgan fingerprint density at radius 2 is 2.09 bits per heavy atom. The number of halogens is 1. The van der Waals surface area contributed by atoms with Crippen molar-refractivity contribution in [2.75, 3.05) is 18.4 Å². The number of anilines is 1. The van der Waals surface area contributed by atoms with Gasteiger partial charge in [-0.15, -0.1) is 0 Å². The third-order valence-corrected chi connectivity index (χ3v) is 6.72. The van der Waals surface area contributed by atoms with Crippen LogP contribution in [0.5, 0.6) is 0 Å². The highest BCUT2D eigenvalue weighted by Gasteiger charge is 2.33. The maximum absolute atomic E-state index is 12.7. The quantitative estimate of drug-likeness (QED) is 0.560. The number of likely N-dealkylation sites (tertiary alicyclic amines) is 1. The van der Waals surface area contributed by atoms with E-state index in [1.165, 1.54) is 0 Å². The molecule has 5 rings (SSSR count). The van der Waals surface area contributed by atoms with Gasteiger partial charge in [0.2, 0.25) is 11.8 Å². The zero-order valence-electron chi connectivity index (χ0n) is 17.5. The molecule has 0 saturated carbocycles. The molecule has 3 aromatic rings. The number of hydrogen-bond acceptors (Lipinski definition) is 6. The average molecular weight is 498 g/mol. The maximum atomic E-state index is 12.7. The number of rotatable bonds is 5. The van der Waals surface area contributed by atoms with Crippen LogP contribution in [0.3, 0.4) is 0 Å². The smallest absolute Gasteiger partial charge is 0.245 e. The third kappa shape index (κ3) is 4.19. The first-order chi connectivity index (χ1) is 15.6. The minimum Gasteiger partial charge on any atom is -0.366 e. The summed E-state index contributed by atoms with van der Waals surface area (Å²) >= 11 is 3.56. The minimum absolute atomic E-state index is 0.0339. The van der Waals surface area contributed by atoms with Gasteiger partial charge in [0, 0.05) is 56.1 Å². The fourth-order valence-corrected chi connectivity index (χ4v) is 4.75. The Balaban J connectivity index is 1.31. The molecule has 1 unspecified atom stereocenters. The number of carbonyl (C=O) groups excluding carboxylic acids is 2. The van der Waals surface area contributed by atoms with Gasteiger partial charge in [0.25, 0.3) is 0 Å². The van der Waals surface area contributed by atoms with Gasteiger partial charge in [-0.25, -0.2) is 4.98 Å². The normalized spacial score (nSPS) is 19.3. The molecule has 2 aliphatic heterocycles. The van der Waals surface area contributed by atoms with Crippen LogP contribution < -0.4 is 10.6 Å². The monoisotopic (exact) mass is 497 g/mol. The van der Waals surface area contributed by atoms with Gasteiger partial charge in [0.05, 0.1) is 10.7 Å². The maximum Gasteiger partial charge on any atom is 0.245 e. The van der Waals surface area contributed by atoms with Crippen molar-refractivity contribution in [1.82, 2.24) is 29.8 Å². The van der Waals surface area contributed by atoms with E-state index in [-0.39, 0.29) is 23.8 Å². The fourth-order valence-electron chi connectivity index (χ4n) is 4.40. The van der Waals surface area contributed by atoms with Crippen molar-refractivity contribution in [1.29, 1.82) is 0 Å².